The van der Waals surface area contributed by atoms with Gasteiger partial charge in [-0.05, 0) is 23.3 Å². The van der Waals surface area contributed by atoms with Crippen molar-refractivity contribution in [2.75, 3.05) is 14.2 Å². The molecule has 0 heterocycles. The van der Waals surface area contributed by atoms with Gasteiger partial charge in [0.05, 0.1) is 24.1 Å². The Morgan fingerprint density at radius 1 is 0.610 bits per heavy atom. The van der Waals surface area contributed by atoms with E-state index in [-0.39, 0.29) is 22.6 Å². The molecular weight excluding hydrogens is 548 g/mol. The smallest absolute Gasteiger partial charge is 0.254 e. The molecule has 41 heavy (non-hydrogen) atoms. The van der Waals surface area contributed by atoms with E-state index in [1.807, 2.05) is 0 Å². The summed E-state index contributed by atoms with van der Waals surface area (Å²) in [5, 5.41) is 23.5. The summed E-state index contributed by atoms with van der Waals surface area (Å²) in [6.45, 7) is 0. The molecule has 0 bridgehead atoms. The Morgan fingerprint density at radius 3 is 1.29 bits per heavy atom. The first-order valence-corrected chi connectivity index (χ1v) is 13.6. The maximum absolute atomic E-state index is 14.3. The van der Waals surface area contributed by atoms with Gasteiger partial charge in [-0.15, -0.1) is 0 Å². The Hall–Kier alpha value is -5.29. The molecule has 0 N–H and O–H groups in total. The Labute approximate surface area is 236 Å². The number of nitro groups is 2. The number of hydrogen-bond donors (Lipinski definition) is 0. The van der Waals surface area contributed by atoms with Gasteiger partial charge in [-0.3, -0.25) is 20.2 Å². The van der Waals surface area contributed by atoms with Crippen molar-refractivity contribution in [3.8, 4) is 33.8 Å². The van der Waals surface area contributed by atoms with Gasteiger partial charge < -0.3 is 9.47 Å². The zero-order valence-electron chi connectivity index (χ0n) is 22.0. The summed E-state index contributed by atoms with van der Waals surface area (Å²) in [7, 11) is -2.33. The van der Waals surface area contributed by atoms with Gasteiger partial charge in [0.25, 0.3) is 12.4 Å². The molecular formula is C30H24N2O8S. The molecule has 11 heteroatoms. The van der Waals surface area contributed by atoms with Gasteiger partial charge in [-0.2, -0.15) is 0 Å². The van der Waals surface area contributed by atoms with Crippen LogP contribution < -0.4 is 9.47 Å². The number of para-hydroxylation sites is 2. The van der Waals surface area contributed by atoms with Crippen LogP contribution in [0.5, 0.6) is 11.5 Å². The summed E-state index contributed by atoms with van der Waals surface area (Å²) < 4.78 is 39.7. The maximum atomic E-state index is 14.3. The zero-order chi connectivity index (χ0) is 29.6. The van der Waals surface area contributed by atoms with Crippen LogP contribution in [0.25, 0.3) is 32.1 Å². The molecule has 4 aromatic rings. The molecule has 0 radical (unpaired) electrons. The zero-order valence-corrected chi connectivity index (χ0v) is 22.8. The van der Waals surface area contributed by atoms with Gasteiger partial charge in [-0.1, -0.05) is 84.9 Å². The Morgan fingerprint density at radius 2 is 0.976 bits per heavy atom. The van der Waals surface area contributed by atoms with E-state index >= 15 is 0 Å². The van der Waals surface area contributed by atoms with Gasteiger partial charge >= 0.3 is 0 Å². The van der Waals surface area contributed by atoms with E-state index in [0.717, 1.165) is 0 Å². The maximum Gasteiger partial charge on any atom is 0.254 e. The van der Waals surface area contributed by atoms with Crippen LogP contribution in [0.4, 0.5) is 0 Å². The highest BCUT2D eigenvalue weighted by Gasteiger charge is 2.36. The van der Waals surface area contributed by atoms with Gasteiger partial charge in [0.15, 0.2) is 9.81 Å². The molecule has 0 atom stereocenters. The minimum Gasteiger partial charge on any atom is -0.495 e. The Balaban J connectivity index is 2.01. The van der Waals surface area contributed by atoms with Crippen LogP contribution in [0.15, 0.2) is 109 Å². The highest BCUT2D eigenvalue weighted by molar-refractivity contribution is 8.09. The third-order valence-corrected chi connectivity index (χ3v) is 7.97. The van der Waals surface area contributed by atoms with Crippen LogP contribution in [0.3, 0.4) is 0 Å². The number of rotatable bonds is 10. The van der Waals surface area contributed by atoms with Crippen LogP contribution in [0.2, 0.25) is 0 Å². The molecule has 0 amide bonds. The van der Waals surface area contributed by atoms with Crippen molar-refractivity contribution in [1.82, 2.24) is 0 Å². The van der Waals surface area contributed by atoms with Crippen molar-refractivity contribution in [1.29, 1.82) is 0 Å². The lowest BCUT2D eigenvalue weighted by Crippen LogP contribution is -2.12. The number of benzene rings is 4. The van der Waals surface area contributed by atoms with Gasteiger partial charge in [-0.25, -0.2) is 8.42 Å². The quantitative estimate of drug-likeness (QED) is 0.159. The van der Waals surface area contributed by atoms with Gasteiger partial charge in [0.2, 0.25) is 9.84 Å². The second-order valence-electron chi connectivity index (χ2n) is 8.57. The summed E-state index contributed by atoms with van der Waals surface area (Å²) in [6.07, 6.45) is 0.618. The predicted octanol–water partition coefficient (Wildman–Crippen LogP) is 6.30. The molecule has 0 aliphatic heterocycles. The second kappa shape index (κ2) is 12.3. The van der Waals surface area contributed by atoms with Crippen molar-refractivity contribution in [3.63, 3.8) is 0 Å². The van der Waals surface area contributed by atoms with E-state index in [1.54, 1.807) is 72.8 Å². The molecule has 0 saturated carbocycles. The van der Waals surface area contributed by atoms with Crippen LogP contribution in [0, 0.1) is 20.2 Å². The molecule has 208 valence electrons. The first-order chi connectivity index (χ1) is 19.7. The fraction of sp³-hybridized carbons (Fsp3) is 0.0667. The lowest BCUT2D eigenvalue weighted by molar-refractivity contribution is -0.401. The fourth-order valence-corrected chi connectivity index (χ4v) is 6.06. The number of ether oxygens (including phenoxy) is 2. The second-order valence-corrected chi connectivity index (χ2v) is 10.5. The van der Waals surface area contributed by atoms with Crippen LogP contribution in [-0.4, -0.2) is 32.5 Å². The average molecular weight is 573 g/mol. The van der Waals surface area contributed by atoms with E-state index in [0.29, 0.717) is 34.7 Å². The third-order valence-electron chi connectivity index (χ3n) is 6.16. The van der Waals surface area contributed by atoms with Crippen molar-refractivity contribution in [3.05, 3.63) is 141 Å². The molecule has 0 saturated heterocycles. The largest absolute Gasteiger partial charge is 0.495 e. The lowest BCUT2D eigenvalue weighted by Gasteiger charge is -2.18. The summed E-state index contributed by atoms with van der Waals surface area (Å²) >= 11 is 0. The molecule has 0 fully saturated rings. The number of nitrogens with zero attached hydrogens (tertiary/aromatic N) is 2. The van der Waals surface area contributed by atoms with Crippen molar-refractivity contribution in [2.24, 2.45) is 0 Å². The third kappa shape index (κ3) is 5.99. The van der Waals surface area contributed by atoms with E-state index in [4.69, 9.17) is 9.47 Å². The lowest BCUT2D eigenvalue weighted by atomic mass is 10.0. The normalized spacial score (nSPS) is 12.0. The molecule has 0 aromatic heterocycles. The molecule has 0 unspecified atom stereocenters. The highest BCUT2D eigenvalue weighted by atomic mass is 32.2. The molecule has 4 aromatic carbocycles. The van der Waals surface area contributed by atoms with Crippen LogP contribution in [0.1, 0.15) is 11.1 Å². The van der Waals surface area contributed by atoms with E-state index < -0.39 is 29.5 Å². The minimum absolute atomic E-state index is 0.0424. The summed E-state index contributed by atoms with van der Waals surface area (Å²) in [5.74, 6) is 0.0849. The summed E-state index contributed by atoms with van der Waals surface area (Å²) in [5.41, 5.74) is 2.00. The Kier molecular flexibility index (Phi) is 8.59. The van der Waals surface area contributed by atoms with E-state index in [1.165, 1.54) is 38.5 Å². The SMILES string of the molecule is COc1c(/C(=C\[N+](=O)[O-])S(=O)(=O)/C(=C/[N+](=O)[O-])c2cccc(-c3ccccc3)c2OC)cccc1-c1ccccc1. The van der Waals surface area contributed by atoms with Crippen molar-refractivity contribution < 1.29 is 27.7 Å². The molecule has 0 aliphatic carbocycles. The van der Waals surface area contributed by atoms with Crippen LogP contribution >= 0.6 is 0 Å². The van der Waals surface area contributed by atoms with Crippen molar-refractivity contribution in [2.45, 2.75) is 0 Å². The predicted molar refractivity (Wildman–Crippen MR) is 156 cm³/mol. The van der Waals surface area contributed by atoms with E-state index in [9.17, 15) is 28.6 Å². The van der Waals surface area contributed by atoms with Gasteiger partial charge in [0, 0.05) is 22.3 Å². The molecule has 0 aliphatic rings. The number of sulfone groups is 1. The highest BCUT2D eigenvalue weighted by Crippen LogP contribution is 2.44. The number of hydrogen-bond acceptors (Lipinski definition) is 8. The minimum atomic E-state index is -4.94. The Bertz CT molecular complexity index is 1640. The molecule has 10 nitrogen and oxygen atoms in total. The summed E-state index contributed by atoms with van der Waals surface area (Å²) in [6, 6.07) is 26.9. The summed E-state index contributed by atoms with van der Waals surface area (Å²) in [4.78, 5) is 20.1. The van der Waals surface area contributed by atoms with Crippen molar-refractivity contribution >= 4 is 19.6 Å². The topological polar surface area (TPSA) is 139 Å². The first-order valence-electron chi connectivity index (χ1n) is 12.1. The van der Waals surface area contributed by atoms with Crippen LogP contribution in [-0.2, 0) is 9.84 Å². The molecule has 4 rings (SSSR count). The number of methoxy groups -OCH3 is 2. The van der Waals surface area contributed by atoms with E-state index in [2.05, 4.69) is 0 Å². The monoisotopic (exact) mass is 572 g/mol. The average Bonchev–Trinajstić information content (AvgIpc) is 2.98. The standard InChI is InChI=1S/C30H24N2O8S/c1-39-29-23(21-11-5-3-6-12-21)15-9-17-25(29)27(19-31(33)34)41(37,38)28(20-32(35)36)26-18-10-16-24(30(26)40-2)22-13-7-4-8-14-22/h3-20H,1-2H3/b27-19+,28-20+. The fourth-order valence-electron chi connectivity index (χ4n) is 4.47. The first kappa shape index (κ1) is 28.7. The van der Waals surface area contributed by atoms with Gasteiger partial charge in [0.1, 0.15) is 11.5 Å². The molecule has 0 spiro atoms.